The molecule has 0 aliphatic rings. The molecule has 0 amide bonds. The summed E-state index contributed by atoms with van der Waals surface area (Å²) in [6, 6.07) is 24.1. The van der Waals surface area contributed by atoms with Crippen LogP contribution in [0.25, 0.3) is 21.7 Å². The molecule has 4 N–H and O–H groups in total. The Kier molecular flexibility index (Phi) is 4.99. The van der Waals surface area contributed by atoms with Gasteiger partial charge in [-0.3, -0.25) is 5.41 Å². The molecule has 162 valence electrons. The molecular weight excluding hydrogens is 416 g/mol. The predicted molar refractivity (Wildman–Crippen MR) is 127 cm³/mol. The molecule has 5 rings (SSSR count). The maximum atomic E-state index is 12.1. The number of nitrogen functional groups attached to an aromatic ring is 1. The van der Waals surface area contributed by atoms with Crippen LogP contribution in [0.5, 0.6) is 11.6 Å². The maximum Gasteiger partial charge on any atom is 0.352 e. The number of hydrogen-bond donors (Lipinski definition) is 3. The average molecular weight is 436 g/mol. The number of fused-ring (bicyclic) bond motifs is 2. The van der Waals surface area contributed by atoms with E-state index in [1.807, 2.05) is 48.5 Å². The first kappa shape index (κ1) is 20.3. The second-order valence-electron chi connectivity index (χ2n) is 7.68. The van der Waals surface area contributed by atoms with Gasteiger partial charge in [-0.15, -0.1) is 0 Å². The summed E-state index contributed by atoms with van der Waals surface area (Å²) in [6.45, 7) is 0.298. The van der Waals surface area contributed by atoms with Gasteiger partial charge in [-0.05, 0) is 46.7 Å². The highest BCUT2D eigenvalue weighted by atomic mass is 16.5. The Morgan fingerprint density at radius 3 is 2.58 bits per heavy atom. The van der Waals surface area contributed by atoms with E-state index in [-0.39, 0.29) is 11.5 Å². The molecule has 0 fully saturated rings. The van der Waals surface area contributed by atoms with Crippen LogP contribution in [0.2, 0.25) is 0 Å². The Balaban J connectivity index is 1.67. The zero-order valence-electron chi connectivity index (χ0n) is 17.5. The molecule has 0 saturated carbocycles. The van der Waals surface area contributed by atoms with Gasteiger partial charge in [0.1, 0.15) is 17.3 Å². The van der Waals surface area contributed by atoms with Crippen LogP contribution in [0.15, 0.2) is 85.1 Å². The Hall–Kier alpha value is -4.65. The third-order valence-electron chi connectivity index (χ3n) is 5.54. The smallest absolute Gasteiger partial charge is 0.352 e. The van der Waals surface area contributed by atoms with E-state index in [1.165, 1.54) is 0 Å². The number of hydrogen-bond acceptors (Lipinski definition) is 4. The third-order valence-corrected chi connectivity index (χ3v) is 5.54. The topological polar surface area (TPSA) is 114 Å². The molecule has 5 aromatic rings. The number of amidine groups is 1. The molecule has 2 aromatic heterocycles. The standard InChI is InChI=1S/C26H20N4O3/c27-25(28)18-9-8-17-13-23(26(31)32)30(22(17)14-18)15-19-12-20(33-24-7-3-4-10-29-24)11-16-5-1-2-6-21(16)19/h1-14H,15H2,(H3,27,28)(H,31,32). The number of ether oxygens (including phenoxy) is 1. The first-order valence-corrected chi connectivity index (χ1v) is 10.3. The quantitative estimate of drug-likeness (QED) is 0.256. The van der Waals surface area contributed by atoms with Gasteiger partial charge in [0.2, 0.25) is 5.88 Å². The molecule has 0 radical (unpaired) electrons. The highest BCUT2D eigenvalue weighted by molar-refractivity contribution is 6.01. The van der Waals surface area contributed by atoms with Crippen molar-refractivity contribution >= 4 is 33.5 Å². The highest BCUT2D eigenvalue weighted by Gasteiger charge is 2.17. The number of carboxylic acid groups (broad SMARTS) is 1. The van der Waals surface area contributed by atoms with E-state index in [4.69, 9.17) is 15.9 Å². The lowest BCUT2D eigenvalue weighted by atomic mass is 10.0. The van der Waals surface area contributed by atoms with Crippen LogP contribution >= 0.6 is 0 Å². The molecule has 3 aromatic carbocycles. The molecule has 0 aliphatic carbocycles. The lowest BCUT2D eigenvalue weighted by Crippen LogP contribution is -2.12. The van der Waals surface area contributed by atoms with Crippen LogP contribution in [0.3, 0.4) is 0 Å². The normalized spacial score (nSPS) is 11.0. The number of aromatic carboxylic acids is 1. The fraction of sp³-hybridized carbons (Fsp3) is 0.0385. The first-order chi connectivity index (χ1) is 16.0. The second kappa shape index (κ2) is 8.12. The van der Waals surface area contributed by atoms with Crippen molar-refractivity contribution in [3.05, 3.63) is 102 Å². The van der Waals surface area contributed by atoms with Crippen molar-refractivity contribution in [1.29, 1.82) is 5.41 Å². The van der Waals surface area contributed by atoms with Crippen LogP contribution in [0, 0.1) is 5.41 Å². The van der Waals surface area contributed by atoms with Gasteiger partial charge < -0.3 is 20.1 Å². The Morgan fingerprint density at radius 2 is 1.82 bits per heavy atom. The lowest BCUT2D eigenvalue weighted by molar-refractivity contribution is 0.0686. The monoisotopic (exact) mass is 436 g/mol. The van der Waals surface area contributed by atoms with E-state index in [2.05, 4.69) is 4.98 Å². The summed E-state index contributed by atoms with van der Waals surface area (Å²) >= 11 is 0. The van der Waals surface area contributed by atoms with Crippen molar-refractivity contribution in [1.82, 2.24) is 9.55 Å². The van der Waals surface area contributed by atoms with Gasteiger partial charge >= 0.3 is 5.97 Å². The fourth-order valence-electron chi connectivity index (χ4n) is 4.02. The van der Waals surface area contributed by atoms with Crippen LogP contribution in [-0.4, -0.2) is 26.5 Å². The molecule has 7 nitrogen and oxygen atoms in total. The van der Waals surface area contributed by atoms with E-state index in [0.717, 1.165) is 21.7 Å². The van der Waals surface area contributed by atoms with E-state index in [0.29, 0.717) is 29.3 Å². The number of carboxylic acids is 1. The van der Waals surface area contributed by atoms with Crippen molar-refractivity contribution in [2.45, 2.75) is 6.54 Å². The molecule has 7 heteroatoms. The van der Waals surface area contributed by atoms with Gasteiger partial charge in [0.25, 0.3) is 0 Å². The SMILES string of the molecule is N=C(N)c1ccc2cc(C(=O)O)n(Cc3cc(Oc4ccccn4)cc4ccccc34)c2c1. The summed E-state index contributed by atoms with van der Waals surface area (Å²) in [4.78, 5) is 16.3. The Morgan fingerprint density at radius 1 is 1.00 bits per heavy atom. The molecule has 2 heterocycles. The number of benzene rings is 3. The summed E-state index contributed by atoms with van der Waals surface area (Å²) in [7, 11) is 0. The van der Waals surface area contributed by atoms with Crippen LogP contribution in [0.1, 0.15) is 21.6 Å². The molecule has 0 bridgehead atoms. The first-order valence-electron chi connectivity index (χ1n) is 10.3. The van der Waals surface area contributed by atoms with E-state index >= 15 is 0 Å². The van der Waals surface area contributed by atoms with Crippen molar-refractivity contribution in [3.8, 4) is 11.6 Å². The summed E-state index contributed by atoms with van der Waals surface area (Å²) in [5.41, 5.74) is 7.96. The second-order valence-corrected chi connectivity index (χ2v) is 7.68. The van der Waals surface area contributed by atoms with Gasteiger partial charge in [-0.2, -0.15) is 0 Å². The molecule has 0 saturated heterocycles. The van der Waals surface area contributed by atoms with Gasteiger partial charge in [0.05, 0.1) is 0 Å². The summed E-state index contributed by atoms with van der Waals surface area (Å²) < 4.78 is 7.71. The van der Waals surface area contributed by atoms with E-state index in [1.54, 1.807) is 41.1 Å². The van der Waals surface area contributed by atoms with E-state index in [9.17, 15) is 9.90 Å². The van der Waals surface area contributed by atoms with Crippen molar-refractivity contribution in [3.63, 3.8) is 0 Å². The summed E-state index contributed by atoms with van der Waals surface area (Å²) in [6.07, 6.45) is 1.66. The van der Waals surface area contributed by atoms with Gasteiger partial charge in [-0.1, -0.05) is 42.5 Å². The van der Waals surface area contributed by atoms with E-state index < -0.39 is 5.97 Å². The largest absolute Gasteiger partial charge is 0.477 e. The van der Waals surface area contributed by atoms with Crippen molar-refractivity contribution in [2.75, 3.05) is 0 Å². The summed E-state index contributed by atoms with van der Waals surface area (Å²) in [5.74, 6) is -0.0128. The van der Waals surface area contributed by atoms with Crippen LogP contribution < -0.4 is 10.5 Å². The molecule has 0 spiro atoms. The van der Waals surface area contributed by atoms with Crippen molar-refractivity contribution in [2.24, 2.45) is 5.73 Å². The highest BCUT2D eigenvalue weighted by Crippen LogP contribution is 2.31. The predicted octanol–water partition coefficient (Wildman–Crippen LogP) is 5.01. The van der Waals surface area contributed by atoms with Gasteiger partial charge in [0, 0.05) is 35.3 Å². The number of nitrogens with zero attached hydrogens (tertiary/aromatic N) is 2. The minimum atomic E-state index is -1.03. The number of rotatable bonds is 6. The average Bonchev–Trinajstić information content (AvgIpc) is 3.18. The molecule has 0 aliphatic heterocycles. The number of nitrogens with one attached hydrogen (secondary N) is 1. The molecular formula is C26H20N4O3. The number of carbonyl (C=O) groups is 1. The summed E-state index contributed by atoms with van der Waals surface area (Å²) in [5, 5.41) is 20.4. The van der Waals surface area contributed by atoms with Gasteiger partial charge in [0.15, 0.2) is 0 Å². The van der Waals surface area contributed by atoms with Gasteiger partial charge in [-0.25, -0.2) is 9.78 Å². The van der Waals surface area contributed by atoms with Crippen molar-refractivity contribution < 1.29 is 14.6 Å². The zero-order valence-corrected chi connectivity index (χ0v) is 17.5. The third kappa shape index (κ3) is 3.87. The molecule has 33 heavy (non-hydrogen) atoms. The number of pyridine rings is 1. The van der Waals surface area contributed by atoms with Crippen LogP contribution in [0.4, 0.5) is 0 Å². The lowest BCUT2D eigenvalue weighted by Gasteiger charge is -2.14. The Bertz CT molecular complexity index is 1520. The van der Waals surface area contributed by atoms with Crippen LogP contribution in [-0.2, 0) is 6.54 Å². The Labute approximate surface area is 189 Å². The zero-order chi connectivity index (χ0) is 22.9. The molecule has 0 unspecified atom stereocenters. The number of nitrogens with two attached hydrogens (primary N) is 1. The maximum absolute atomic E-state index is 12.1. The fourth-order valence-corrected chi connectivity index (χ4v) is 4.02. The molecule has 0 atom stereocenters. The minimum Gasteiger partial charge on any atom is -0.477 e. The number of aromatic nitrogens is 2. The minimum absolute atomic E-state index is 0.0715.